The van der Waals surface area contributed by atoms with E-state index in [2.05, 4.69) is 67.1 Å². The molecule has 0 amide bonds. The predicted octanol–water partition coefficient (Wildman–Crippen LogP) is 5.53. The van der Waals surface area contributed by atoms with Crippen molar-refractivity contribution in [3.8, 4) is 0 Å². The first kappa shape index (κ1) is 14.9. The largest absolute Gasteiger partial charge is 0.324 e. The van der Waals surface area contributed by atoms with Crippen LogP contribution in [0.4, 0.5) is 5.69 Å². The highest BCUT2D eigenvalue weighted by Gasteiger charge is 2.06. The summed E-state index contributed by atoms with van der Waals surface area (Å²) >= 11 is 1.63. The normalized spacial score (nSPS) is 10.9. The molecule has 0 saturated carbocycles. The lowest BCUT2D eigenvalue weighted by atomic mass is 10.1. The molecule has 3 aromatic rings. The molecule has 2 nitrogen and oxygen atoms in total. The summed E-state index contributed by atoms with van der Waals surface area (Å²) in [5.74, 6) is 0. The molecule has 0 unspecified atom stereocenters. The van der Waals surface area contributed by atoms with Crippen LogP contribution in [0.15, 0.2) is 53.4 Å². The van der Waals surface area contributed by atoms with Gasteiger partial charge in [0, 0.05) is 16.0 Å². The Kier molecular flexibility index (Phi) is 4.34. The fourth-order valence-electron chi connectivity index (χ4n) is 2.40. The summed E-state index contributed by atoms with van der Waals surface area (Å²) in [6.45, 7) is 6.32. The van der Waals surface area contributed by atoms with E-state index < -0.39 is 0 Å². The zero-order valence-corrected chi connectivity index (χ0v) is 14.0. The van der Waals surface area contributed by atoms with E-state index in [0.717, 1.165) is 23.3 Å². The maximum Gasteiger partial charge on any atom is 0.0945 e. The van der Waals surface area contributed by atoms with E-state index in [4.69, 9.17) is 4.98 Å². The average Bonchev–Trinajstić information content (AvgIpc) is 2.54. The topological polar surface area (TPSA) is 24.9 Å². The number of pyridine rings is 1. The molecule has 0 spiro atoms. The molecule has 3 rings (SSSR count). The van der Waals surface area contributed by atoms with Gasteiger partial charge in [-0.15, -0.1) is 0 Å². The van der Waals surface area contributed by atoms with Gasteiger partial charge in [-0.05, 0) is 68.1 Å². The van der Waals surface area contributed by atoms with E-state index in [0.29, 0.717) is 0 Å². The molecule has 0 aliphatic carbocycles. The van der Waals surface area contributed by atoms with E-state index in [1.165, 1.54) is 21.4 Å². The summed E-state index contributed by atoms with van der Waals surface area (Å²) in [7, 11) is 0. The number of fused-ring (bicyclic) bond motifs is 1. The second kappa shape index (κ2) is 6.41. The van der Waals surface area contributed by atoms with Crippen molar-refractivity contribution in [2.24, 2.45) is 0 Å². The van der Waals surface area contributed by atoms with E-state index in [9.17, 15) is 0 Å². The Morgan fingerprint density at radius 3 is 2.50 bits per heavy atom. The van der Waals surface area contributed by atoms with Gasteiger partial charge in [-0.1, -0.05) is 30.7 Å². The summed E-state index contributed by atoms with van der Waals surface area (Å²) in [6.07, 6.45) is 1.02. The Morgan fingerprint density at radius 2 is 1.77 bits per heavy atom. The average molecular weight is 308 g/mol. The Hall–Kier alpha value is -2.00. The van der Waals surface area contributed by atoms with E-state index in [1.54, 1.807) is 11.9 Å². The van der Waals surface area contributed by atoms with Gasteiger partial charge in [0.25, 0.3) is 0 Å². The van der Waals surface area contributed by atoms with Crippen molar-refractivity contribution in [1.29, 1.82) is 0 Å². The number of nitrogens with one attached hydrogen (secondary N) is 1. The van der Waals surface area contributed by atoms with Crippen molar-refractivity contribution in [3.63, 3.8) is 0 Å². The molecule has 112 valence electrons. The van der Waals surface area contributed by atoms with Crippen LogP contribution in [0, 0.1) is 13.8 Å². The standard InChI is InChI=1S/C19H20N2S/c1-4-15-11-16-8-7-14(3)20-19(16)18(12-15)21-22-17-9-5-13(2)6-10-17/h5-12,21H,4H2,1-3H3. The van der Waals surface area contributed by atoms with Crippen LogP contribution in [0.2, 0.25) is 0 Å². The maximum absolute atomic E-state index is 4.70. The number of anilines is 1. The van der Waals surface area contributed by atoms with Crippen molar-refractivity contribution >= 4 is 28.5 Å². The summed E-state index contributed by atoms with van der Waals surface area (Å²) in [6, 6.07) is 17.2. The molecular weight excluding hydrogens is 288 g/mol. The summed E-state index contributed by atoms with van der Waals surface area (Å²) in [5, 5.41) is 1.19. The molecule has 0 aliphatic rings. The monoisotopic (exact) mass is 308 g/mol. The number of benzene rings is 2. The zero-order chi connectivity index (χ0) is 15.5. The Bertz CT molecular complexity index is 794. The molecule has 0 atom stereocenters. The SMILES string of the molecule is CCc1cc(NSc2ccc(C)cc2)c2nc(C)ccc2c1. The minimum atomic E-state index is 1.02. The molecule has 0 bridgehead atoms. The first-order chi connectivity index (χ1) is 10.7. The van der Waals surface area contributed by atoms with Gasteiger partial charge in [0.05, 0.1) is 11.2 Å². The molecule has 22 heavy (non-hydrogen) atoms. The third kappa shape index (κ3) is 3.25. The molecule has 0 fully saturated rings. The first-order valence-electron chi connectivity index (χ1n) is 7.55. The van der Waals surface area contributed by atoms with Crippen LogP contribution in [0.5, 0.6) is 0 Å². The van der Waals surface area contributed by atoms with E-state index in [1.807, 2.05) is 6.92 Å². The summed E-state index contributed by atoms with van der Waals surface area (Å²) in [4.78, 5) is 5.90. The van der Waals surface area contributed by atoms with Crippen LogP contribution < -0.4 is 4.72 Å². The number of hydrogen-bond donors (Lipinski definition) is 1. The van der Waals surface area contributed by atoms with Crippen LogP contribution in [0.25, 0.3) is 10.9 Å². The maximum atomic E-state index is 4.70. The lowest BCUT2D eigenvalue weighted by Crippen LogP contribution is -1.94. The molecule has 2 aromatic carbocycles. The highest BCUT2D eigenvalue weighted by Crippen LogP contribution is 2.29. The van der Waals surface area contributed by atoms with Crippen molar-refractivity contribution in [1.82, 2.24) is 4.98 Å². The fourth-order valence-corrected chi connectivity index (χ4v) is 3.05. The lowest BCUT2D eigenvalue weighted by Gasteiger charge is -2.11. The smallest absolute Gasteiger partial charge is 0.0945 e. The van der Waals surface area contributed by atoms with Crippen molar-refractivity contribution in [2.75, 3.05) is 4.72 Å². The molecule has 1 aromatic heterocycles. The molecule has 0 radical (unpaired) electrons. The van der Waals surface area contributed by atoms with Crippen molar-refractivity contribution in [3.05, 3.63) is 65.4 Å². The van der Waals surface area contributed by atoms with Crippen LogP contribution in [-0.4, -0.2) is 4.98 Å². The van der Waals surface area contributed by atoms with E-state index >= 15 is 0 Å². The van der Waals surface area contributed by atoms with Gasteiger partial charge in [0.15, 0.2) is 0 Å². The third-order valence-corrected chi connectivity index (χ3v) is 4.53. The highest BCUT2D eigenvalue weighted by molar-refractivity contribution is 8.00. The van der Waals surface area contributed by atoms with Gasteiger partial charge in [-0.2, -0.15) is 0 Å². The lowest BCUT2D eigenvalue weighted by molar-refractivity contribution is 1.14. The minimum Gasteiger partial charge on any atom is -0.324 e. The number of aromatic nitrogens is 1. The zero-order valence-electron chi connectivity index (χ0n) is 13.2. The Morgan fingerprint density at radius 1 is 1.00 bits per heavy atom. The number of nitrogens with zero attached hydrogens (tertiary/aromatic N) is 1. The molecular formula is C19H20N2S. The molecule has 0 saturated heterocycles. The Labute approximate surface area is 136 Å². The quantitative estimate of drug-likeness (QED) is 0.641. The third-order valence-electron chi connectivity index (χ3n) is 3.70. The first-order valence-corrected chi connectivity index (χ1v) is 8.37. The van der Waals surface area contributed by atoms with Gasteiger partial charge in [-0.25, -0.2) is 0 Å². The number of aryl methyl sites for hydroxylation is 3. The summed E-state index contributed by atoms with van der Waals surface area (Å²) < 4.78 is 3.48. The highest BCUT2D eigenvalue weighted by atomic mass is 32.2. The molecule has 1 N–H and O–H groups in total. The van der Waals surface area contributed by atoms with Crippen molar-refractivity contribution < 1.29 is 0 Å². The number of hydrogen-bond acceptors (Lipinski definition) is 3. The minimum absolute atomic E-state index is 1.02. The van der Waals surface area contributed by atoms with Gasteiger partial charge in [0.1, 0.15) is 0 Å². The van der Waals surface area contributed by atoms with Crippen LogP contribution >= 0.6 is 11.9 Å². The van der Waals surface area contributed by atoms with E-state index in [-0.39, 0.29) is 0 Å². The molecule has 3 heteroatoms. The van der Waals surface area contributed by atoms with Gasteiger partial charge >= 0.3 is 0 Å². The van der Waals surface area contributed by atoms with Crippen LogP contribution in [-0.2, 0) is 6.42 Å². The molecule has 1 heterocycles. The second-order valence-corrected chi connectivity index (χ2v) is 6.42. The van der Waals surface area contributed by atoms with Gasteiger partial charge in [0.2, 0.25) is 0 Å². The fraction of sp³-hybridized carbons (Fsp3) is 0.211. The predicted molar refractivity (Wildman–Crippen MR) is 96.5 cm³/mol. The van der Waals surface area contributed by atoms with Gasteiger partial charge in [-0.3, -0.25) is 4.98 Å². The Balaban J connectivity index is 1.94. The van der Waals surface area contributed by atoms with Crippen LogP contribution in [0.3, 0.4) is 0 Å². The molecule has 0 aliphatic heterocycles. The van der Waals surface area contributed by atoms with Gasteiger partial charge < -0.3 is 4.72 Å². The second-order valence-electron chi connectivity index (χ2n) is 5.54. The number of rotatable bonds is 4. The van der Waals surface area contributed by atoms with Crippen molar-refractivity contribution in [2.45, 2.75) is 32.1 Å². The summed E-state index contributed by atoms with van der Waals surface area (Å²) in [5.41, 5.74) is 5.77. The van der Waals surface area contributed by atoms with Crippen LogP contribution in [0.1, 0.15) is 23.7 Å².